The van der Waals surface area contributed by atoms with E-state index in [-0.39, 0.29) is 11.4 Å². The molecule has 0 radical (unpaired) electrons. The van der Waals surface area contributed by atoms with Gasteiger partial charge in [-0.1, -0.05) is 11.6 Å². The summed E-state index contributed by atoms with van der Waals surface area (Å²) in [6.45, 7) is 3.51. The number of hydrogen-bond donors (Lipinski definition) is 1. The first-order chi connectivity index (χ1) is 11.4. The van der Waals surface area contributed by atoms with Crippen molar-refractivity contribution in [1.82, 2.24) is 0 Å². The van der Waals surface area contributed by atoms with Gasteiger partial charge in [-0.05, 0) is 55.3 Å². The van der Waals surface area contributed by atoms with Crippen molar-refractivity contribution in [1.29, 1.82) is 0 Å². The minimum atomic E-state index is -4.61. The summed E-state index contributed by atoms with van der Waals surface area (Å²) in [5.74, 6) is 0.273. The maximum atomic E-state index is 12.9. The average molecular weight is 394 g/mol. The van der Waals surface area contributed by atoms with E-state index in [4.69, 9.17) is 16.3 Å². The molecule has 0 bridgehead atoms. The first-order valence-electron chi connectivity index (χ1n) is 7.00. The minimum absolute atomic E-state index is 0.0560. The van der Waals surface area contributed by atoms with Crippen molar-refractivity contribution < 1.29 is 26.3 Å². The van der Waals surface area contributed by atoms with Gasteiger partial charge in [-0.2, -0.15) is 13.2 Å². The summed E-state index contributed by atoms with van der Waals surface area (Å²) in [7, 11) is -3.80. The van der Waals surface area contributed by atoms with E-state index >= 15 is 0 Å². The van der Waals surface area contributed by atoms with Crippen LogP contribution < -0.4 is 9.46 Å². The van der Waals surface area contributed by atoms with Gasteiger partial charge in [-0.3, -0.25) is 4.72 Å². The molecule has 0 aliphatic heterocycles. The highest BCUT2D eigenvalue weighted by molar-refractivity contribution is 7.92. The normalized spacial score (nSPS) is 12.1. The van der Waals surface area contributed by atoms with E-state index in [0.29, 0.717) is 16.8 Å². The number of alkyl halides is 3. The molecular formula is C16H15ClF3NO3S. The van der Waals surface area contributed by atoms with E-state index in [0.717, 1.165) is 29.5 Å². The third-order valence-electron chi connectivity index (χ3n) is 3.24. The van der Waals surface area contributed by atoms with Gasteiger partial charge in [0.25, 0.3) is 0 Å². The van der Waals surface area contributed by atoms with Gasteiger partial charge in [0.1, 0.15) is 5.75 Å². The van der Waals surface area contributed by atoms with Gasteiger partial charge < -0.3 is 4.74 Å². The molecule has 0 saturated carbocycles. The lowest BCUT2D eigenvalue weighted by Crippen LogP contribution is -2.12. The third kappa shape index (κ3) is 5.02. The van der Waals surface area contributed by atoms with Crippen LogP contribution in [0.4, 0.5) is 18.9 Å². The number of hydrogen-bond acceptors (Lipinski definition) is 3. The molecule has 4 nitrogen and oxygen atoms in total. The summed E-state index contributed by atoms with van der Waals surface area (Å²) in [6, 6.07) is 5.79. The van der Waals surface area contributed by atoms with E-state index in [1.165, 1.54) is 0 Å². The van der Waals surface area contributed by atoms with Crippen LogP contribution in [-0.2, 0) is 16.2 Å². The van der Waals surface area contributed by atoms with Crippen LogP contribution in [0.15, 0.2) is 30.3 Å². The molecule has 9 heteroatoms. The Morgan fingerprint density at radius 1 is 1.08 bits per heavy atom. The van der Waals surface area contributed by atoms with Gasteiger partial charge in [0, 0.05) is 5.02 Å². The molecule has 0 fully saturated rings. The molecule has 0 aliphatic rings. The van der Waals surface area contributed by atoms with E-state index in [1.807, 2.05) is 4.72 Å². The average Bonchev–Trinajstić information content (AvgIpc) is 2.44. The van der Waals surface area contributed by atoms with E-state index in [9.17, 15) is 21.6 Å². The third-order valence-corrected chi connectivity index (χ3v) is 4.43. The van der Waals surface area contributed by atoms with Crippen molar-refractivity contribution in [3.8, 4) is 11.5 Å². The fourth-order valence-corrected chi connectivity index (χ4v) is 2.83. The number of rotatable bonds is 4. The Bertz CT molecular complexity index is 888. The van der Waals surface area contributed by atoms with Crippen molar-refractivity contribution in [2.75, 3.05) is 11.0 Å². The second kappa shape index (κ2) is 6.76. The van der Waals surface area contributed by atoms with E-state index in [1.54, 1.807) is 26.0 Å². The molecule has 1 N–H and O–H groups in total. The number of ether oxygens (including phenoxy) is 1. The lowest BCUT2D eigenvalue weighted by molar-refractivity contribution is -0.137. The highest BCUT2D eigenvalue weighted by Crippen LogP contribution is 2.38. The summed E-state index contributed by atoms with van der Waals surface area (Å²) in [5, 5.41) is 0.550. The Kier molecular flexibility index (Phi) is 5.24. The summed E-state index contributed by atoms with van der Waals surface area (Å²) in [4.78, 5) is 0. The van der Waals surface area contributed by atoms with Gasteiger partial charge in [0.05, 0.1) is 17.5 Å². The molecule has 0 unspecified atom stereocenters. The molecule has 0 aliphatic carbocycles. The lowest BCUT2D eigenvalue weighted by atomic mass is 10.1. The molecule has 0 atom stereocenters. The molecule has 2 aromatic rings. The second-order valence-corrected chi connectivity index (χ2v) is 7.68. The van der Waals surface area contributed by atoms with E-state index in [2.05, 4.69) is 0 Å². The van der Waals surface area contributed by atoms with E-state index < -0.39 is 21.8 Å². The van der Waals surface area contributed by atoms with Gasteiger partial charge in [-0.15, -0.1) is 0 Å². The predicted octanol–water partition coefficient (Wildman–Crippen LogP) is 5.14. The first-order valence-corrected chi connectivity index (χ1v) is 9.27. The Morgan fingerprint density at radius 3 is 2.12 bits per heavy atom. The second-order valence-electron chi connectivity index (χ2n) is 5.56. The molecular weight excluding hydrogens is 379 g/mol. The first kappa shape index (κ1) is 19.4. The van der Waals surface area contributed by atoms with Crippen molar-refractivity contribution in [3.63, 3.8) is 0 Å². The Labute approximate surface area is 148 Å². The SMILES string of the molecule is Cc1cc(Oc2ccc(C(F)(F)F)cc2NS(C)(=O)=O)cc(C)c1Cl. The number of anilines is 1. The highest BCUT2D eigenvalue weighted by atomic mass is 35.5. The van der Waals surface area contributed by atoms with Crippen LogP contribution >= 0.6 is 11.6 Å². The zero-order chi connectivity index (χ0) is 19.0. The number of benzene rings is 2. The number of halogens is 4. The molecule has 0 heterocycles. The fourth-order valence-electron chi connectivity index (χ4n) is 2.17. The zero-order valence-electron chi connectivity index (χ0n) is 13.5. The summed E-state index contributed by atoms with van der Waals surface area (Å²) in [5.41, 5.74) is 0.152. The Hall–Kier alpha value is -1.93. The quantitative estimate of drug-likeness (QED) is 0.782. The van der Waals surface area contributed by atoms with Crippen molar-refractivity contribution >= 4 is 27.3 Å². The number of sulfonamides is 1. The van der Waals surface area contributed by atoms with Crippen LogP contribution in [-0.4, -0.2) is 14.7 Å². The molecule has 0 aromatic heterocycles. The zero-order valence-corrected chi connectivity index (χ0v) is 15.1. The largest absolute Gasteiger partial charge is 0.455 e. The fraction of sp³-hybridized carbons (Fsp3) is 0.250. The smallest absolute Gasteiger partial charge is 0.416 e. The summed E-state index contributed by atoms with van der Waals surface area (Å²) < 4.78 is 69.2. The molecule has 0 saturated heterocycles. The standard InChI is InChI=1S/C16H15ClF3NO3S/c1-9-6-12(7-10(2)15(9)17)24-14-5-4-11(16(18,19)20)8-13(14)21-25(3,22)23/h4-8,21H,1-3H3. The van der Waals surface area contributed by atoms with Crippen LogP contribution in [0, 0.1) is 13.8 Å². The van der Waals surface area contributed by atoms with Crippen LogP contribution in [0.3, 0.4) is 0 Å². The van der Waals surface area contributed by atoms with Gasteiger partial charge in [0.15, 0.2) is 5.75 Å². The van der Waals surface area contributed by atoms with Crippen LogP contribution in [0.25, 0.3) is 0 Å². The topological polar surface area (TPSA) is 55.4 Å². The minimum Gasteiger partial charge on any atom is -0.455 e. The predicted molar refractivity (Wildman–Crippen MR) is 90.9 cm³/mol. The summed E-state index contributed by atoms with van der Waals surface area (Å²) >= 11 is 6.07. The summed E-state index contributed by atoms with van der Waals surface area (Å²) in [6.07, 6.45) is -3.77. The van der Waals surface area contributed by atoms with Gasteiger partial charge >= 0.3 is 6.18 Å². The van der Waals surface area contributed by atoms with Crippen molar-refractivity contribution in [2.45, 2.75) is 20.0 Å². The van der Waals surface area contributed by atoms with Crippen LogP contribution in [0.5, 0.6) is 11.5 Å². The lowest BCUT2D eigenvalue weighted by Gasteiger charge is -2.16. The van der Waals surface area contributed by atoms with Gasteiger partial charge in [-0.25, -0.2) is 8.42 Å². The molecule has 2 aromatic carbocycles. The number of nitrogens with one attached hydrogen (secondary N) is 1. The molecule has 136 valence electrons. The van der Waals surface area contributed by atoms with Crippen molar-refractivity contribution in [2.24, 2.45) is 0 Å². The highest BCUT2D eigenvalue weighted by Gasteiger charge is 2.31. The maximum Gasteiger partial charge on any atom is 0.416 e. The van der Waals surface area contributed by atoms with Crippen LogP contribution in [0.2, 0.25) is 5.02 Å². The van der Waals surface area contributed by atoms with Gasteiger partial charge in [0.2, 0.25) is 10.0 Å². The molecule has 0 spiro atoms. The molecule has 2 rings (SSSR count). The Balaban J connectivity index is 2.49. The maximum absolute atomic E-state index is 12.9. The van der Waals surface area contributed by atoms with Crippen molar-refractivity contribution in [3.05, 3.63) is 52.0 Å². The Morgan fingerprint density at radius 2 is 1.64 bits per heavy atom. The van der Waals surface area contributed by atoms with Crippen LogP contribution in [0.1, 0.15) is 16.7 Å². The molecule has 25 heavy (non-hydrogen) atoms. The number of aryl methyl sites for hydroxylation is 2. The molecule has 0 amide bonds. The monoisotopic (exact) mass is 393 g/mol.